The number of para-hydroxylation sites is 3. The van der Waals surface area contributed by atoms with Gasteiger partial charge in [0.25, 0.3) is 11.8 Å². The van der Waals surface area contributed by atoms with Gasteiger partial charge in [0.1, 0.15) is 19.0 Å². The van der Waals surface area contributed by atoms with Crippen molar-refractivity contribution in [3.05, 3.63) is 90.0 Å². The van der Waals surface area contributed by atoms with Crippen molar-refractivity contribution >= 4 is 11.8 Å². The monoisotopic (exact) mass is 458 g/mol. The number of ether oxygens (including phenoxy) is 3. The molecule has 174 valence electrons. The molecule has 2 amide bonds. The topological polar surface area (TPSA) is 68.3 Å². The third-order valence-corrected chi connectivity index (χ3v) is 6.01. The Balaban J connectivity index is 1.12. The quantitative estimate of drug-likeness (QED) is 0.586. The van der Waals surface area contributed by atoms with Crippen LogP contribution in [0.4, 0.5) is 0 Å². The third-order valence-electron chi connectivity index (χ3n) is 6.01. The second-order valence-electron chi connectivity index (χ2n) is 8.28. The SMILES string of the molecule is O=C(c1ccc(COc2ccccc2)cc1)N1CCN(C(=O)C2COc3ccccc3O2)CC1. The first-order valence-corrected chi connectivity index (χ1v) is 11.4. The third kappa shape index (κ3) is 4.83. The Kier molecular flexibility index (Phi) is 6.33. The molecule has 0 bridgehead atoms. The Hall–Kier alpha value is -4.00. The standard InChI is InChI=1S/C27H26N2O5/c30-26(21-12-10-20(11-13-21)18-32-22-6-2-1-3-7-22)28-14-16-29(17-15-28)27(31)25-19-33-23-8-4-5-9-24(23)34-25/h1-13,25H,14-19H2. The maximum Gasteiger partial charge on any atom is 0.267 e. The molecular formula is C27H26N2O5. The summed E-state index contributed by atoms with van der Waals surface area (Å²) in [6, 6.07) is 24.4. The average molecular weight is 459 g/mol. The zero-order valence-corrected chi connectivity index (χ0v) is 18.8. The van der Waals surface area contributed by atoms with E-state index < -0.39 is 6.10 Å². The molecule has 7 nitrogen and oxygen atoms in total. The van der Waals surface area contributed by atoms with Crippen LogP contribution in [0.25, 0.3) is 0 Å². The lowest BCUT2D eigenvalue weighted by Crippen LogP contribution is -2.55. The van der Waals surface area contributed by atoms with Gasteiger partial charge < -0.3 is 24.0 Å². The average Bonchev–Trinajstić information content (AvgIpc) is 2.92. The van der Waals surface area contributed by atoms with Gasteiger partial charge in [0, 0.05) is 31.7 Å². The van der Waals surface area contributed by atoms with E-state index in [0.29, 0.717) is 49.8 Å². The van der Waals surface area contributed by atoms with Crippen LogP contribution in [0, 0.1) is 0 Å². The molecule has 0 aromatic heterocycles. The Morgan fingerprint density at radius 3 is 2.18 bits per heavy atom. The lowest BCUT2D eigenvalue weighted by Gasteiger charge is -2.37. The fraction of sp³-hybridized carbons (Fsp3) is 0.259. The summed E-state index contributed by atoms with van der Waals surface area (Å²) in [6.45, 7) is 2.53. The summed E-state index contributed by atoms with van der Waals surface area (Å²) >= 11 is 0. The van der Waals surface area contributed by atoms with Crippen LogP contribution in [0.3, 0.4) is 0 Å². The minimum Gasteiger partial charge on any atom is -0.489 e. The second kappa shape index (κ2) is 9.87. The molecule has 0 radical (unpaired) electrons. The van der Waals surface area contributed by atoms with Crippen LogP contribution in [0.1, 0.15) is 15.9 Å². The summed E-state index contributed by atoms with van der Waals surface area (Å²) in [5, 5.41) is 0. The molecule has 1 fully saturated rings. The predicted octanol–water partition coefficient (Wildman–Crippen LogP) is 3.39. The minimum atomic E-state index is -0.664. The van der Waals surface area contributed by atoms with Crippen LogP contribution in [-0.2, 0) is 11.4 Å². The Morgan fingerprint density at radius 1 is 0.794 bits per heavy atom. The minimum absolute atomic E-state index is 0.0335. The van der Waals surface area contributed by atoms with Gasteiger partial charge >= 0.3 is 0 Å². The molecule has 5 rings (SSSR count). The van der Waals surface area contributed by atoms with Crippen molar-refractivity contribution in [2.24, 2.45) is 0 Å². The number of rotatable bonds is 5. The van der Waals surface area contributed by atoms with Crippen LogP contribution in [-0.4, -0.2) is 60.5 Å². The lowest BCUT2D eigenvalue weighted by molar-refractivity contribution is -0.142. The van der Waals surface area contributed by atoms with Crippen LogP contribution in [0.5, 0.6) is 17.2 Å². The van der Waals surface area contributed by atoms with E-state index in [-0.39, 0.29) is 18.4 Å². The summed E-state index contributed by atoms with van der Waals surface area (Å²) in [7, 11) is 0. The number of nitrogens with zero attached hydrogens (tertiary/aromatic N) is 2. The highest BCUT2D eigenvalue weighted by atomic mass is 16.6. The van der Waals surface area contributed by atoms with E-state index >= 15 is 0 Å². The normalized spacial score (nSPS) is 17.2. The van der Waals surface area contributed by atoms with Crippen LogP contribution in [0.15, 0.2) is 78.9 Å². The van der Waals surface area contributed by atoms with E-state index in [1.54, 1.807) is 15.9 Å². The van der Waals surface area contributed by atoms with Gasteiger partial charge in [-0.3, -0.25) is 9.59 Å². The molecule has 1 unspecified atom stereocenters. The highest BCUT2D eigenvalue weighted by Gasteiger charge is 2.33. The molecule has 0 spiro atoms. The summed E-state index contributed by atoms with van der Waals surface area (Å²) < 4.78 is 17.3. The van der Waals surface area contributed by atoms with Gasteiger partial charge in [0.05, 0.1) is 0 Å². The molecule has 2 heterocycles. The maximum absolute atomic E-state index is 13.0. The number of hydrogen-bond donors (Lipinski definition) is 0. The van der Waals surface area contributed by atoms with Crippen molar-refractivity contribution in [1.82, 2.24) is 9.80 Å². The van der Waals surface area contributed by atoms with E-state index in [4.69, 9.17) is 14.2 Å². The molecule has 7 heteroatoms. The molecular weight excluding hydrogens is 432 g/mol. The van der Waals surface area contributed by atoms with Gasteiger partial charge in [-0.25, -0.2) is 0 Å². The van der Waals surface area contributed by atoms with Crippen LogP contribution < -0.4 is 14.2 Å². The molecule has 1 saturated heterocycles. The Labute approximate surface area is 198 Å². The Bertz CT molecular complexity index is 1140. The highest BCUT2D eigenvalue weighted by Crippen LogP contribution is 2.31. The number of carbonyl (C=O) groups excluding carboxylic acids is 2. The van der Waals surface area contributed by atoms with Crippen LogP contribution >= 0.6 is 0 Å². The van der Waals surface area contributed by atoms with E-state index in [1.807, 2.05) is 72.8 Å². The van der Waals surface area contributed by atoms with E-state index in [2.05, 4.69) is 0 Å². The lowest BCUT2D eigenvalue weighted by atomic mass is 10.1. The summed E-state index contributed by atoms with van der Waals surface area (Å²) in [4.78, 5) is 29.4. The van der Waals surface area contributed by atoms with Crippen molar-refractivity contribution < 1.29 is 23.8 Å². The molecule has 1 atom stereocenters. The van der Waals surface area contributed by atoms with Crippen LogP contribution in [0.2, 0.25) is 0 Å². The predicted molar refractivity (Wildman–Crippen MR) is 126 cm³/mol. The fourth-order valence-corrected chi connectivity index (χ4v) is 4.08. The molecule has 0 saturated carbocycles. The molecule has 2 aliphatic heterocycles. The molecule has 0 aliphatic carbocycles. The van der Waals surface area contributed by atoms with E-state index in [0.717, 1.165) is 11.3 Å². The molecule has 34 heavy (non-hydrogen) atoms. The van der Waals surface area contributed by atoms with Crippen molar-refractivity contribution in [2.45, 2.75) is 12.7 Å². The molecule has 3 aromatic carbocycles. The van der Waals surface area contributed by atoms with Gasteiger partial charge in [-0.05, 0) is 42.0 Å². The second-order valence-corrected chi connectivity index (χ2v) is 8.28. The number of fused-ring (bicyclic) bond motifs is 1. The zero-order chi connectivity index (χ0) is 23.3. The summed E-state index contributed by atoms with van der Waals surface area (Å²) in [6.07, 6.45) is -0.664. The zero-order valence-electron chi connectivity index (χ0n) is 18.8. The van der Waals surface area contributed by atoms with E-state index in [9.17, 15) is 9.59 Å². The number of carbonyl (C=O) groups is 2. The van der Waals surface area contributed by atoms with Gasteiger partial charge in [-0.15, -0.1) is 0 Å². The fourth-order valence-electron chi connectivity index (χ4n) is 4.08. The summed E-state index contributed by atoms with van der Waals surface area (Å²) in [5.41, 5.74) is 1.62. The van der Waals surface area contributed by atoms with Crippen molar-refractivity contribution in [2.75, 3.05) is 32.8 Å². The first-order chi connectivity index (χ1) is 16.7. The number of amides is 2. The molecule has 3 aromatic rings. The maximum atomic E-state index is 13.0. The number of piperazine rings is 1. The smallest absolute Gasteiger partial charge is 0.267 e. The Morgan fingerprint density at radius 2 is 1.44 bits per heavy atom. The molecule has 2 aliphatic rings. The largest absolute Gasteiger partial charge is 0.489 e. The molecule has 0 N–H and O–H groups in total. The summed E-state index contributed by atoms with van der Waals surface area (Å²) in [5.74, 6) is 1.90. The van der Waals surface area contributed by atoms with Crippen molar-refractivity contribution in [3.8, 4) is 17.2 Å². The van der Waals surface area contributed by atoms with Gasteiger partial charge in [-0.2, -0.15) is 0 Å². The number of hydrogen-bond acceptors (Lipinski definition) is 5. The van der Waals surface area contributed by atoms with Crippen molar-refractivity contribution in [1.29, 1.82) is 0 Å². The van der Waals surface area contributed by atoms with Gasteiger partial charge in [0.2, 0.25) is 6.10 Å². The highest BCUT2D eigenvalue weighted by molar-refractivity contribution is 5.94. The first kappa shape index (κ1) is 21.8. The van der Waals surface area contributed by atoms with Gasteiger partial charge in [-0.1, -0.05) is 42.5 Å². The van der Waals surface area contributed by atoms with E-state index in [1.165, 1.54) is 0 Å². The van der Waals surface area contributed by atoms with Gasteiger partial charge in [0.15, 0.2) is 11.5 Å². The number of benzene rings is 3. The van der Waals surface area contributed by atoms with Crippen molar-refractivity contribution in [3.63, 3.8) is 0 Å². The first-order valence-electron chi connectivity index (χ1n) is 11.4.